The Labute approximate surface area is 153 Å². The summed E-state index contributed by atoms with van der Waals surface area (Å²) in [6.45, 7) is 9.05. The average Bonchev–Trinajstić information content (AvgIpc) is 3.07. The molecule has 1 aliphatic heterocycles. The molecule has 4 aromatic rings. The third-order valence-electron chi connectivity index (χ3n) is 6.18. The molecule has 2 aromatic heterocycles. The number of nitrogens with zero attached hydrogens (tertiary/aromatic N) is 1. The predicted molar refractivity (Wildman–Crippen MR) is 107 cm³/mol. The Balaban J connectivity index is 1.96. The number of allylic oxidation sites excluding steroid dienone is 1. The van der Waals surface area contributed by atoms with E-state index in [4.69, 9.17) is 4.42 Å². The lowest BCUT2D eigenvalue weighted by atomic mass is 9.75. The smallest absolute Gasteiger partial charge is 0.217 e. The van der Waals surface area contributed by atoms with Crippen LogP contribution in [0, 0.1) is 0 Å². The van der Waals surface area contributed by atoms with Crippen molar-refractivity contribution in [3.05, 3.63) is 72.9 Å². The van der Waals surface area contributed by atoms with E-state index < -0.39 is 0 Å². The molecule has 3 heterocycles. The maximum Gasteiger partial charge on any atom is 0.217 e. The van der Waals surface area contributed by atoms with Gasteiger partial charge in [0.15, 0.2) is 11.7 Å². The molecular weight excluding hydrogens is 318 g/mol. The molecule has 0 amide bonds. The van der Waals surface area contributed by atoms with Gasteiger partial charge in [-0.25, -0.2) is 0 Å². The molecule has 0 radical (unpaired) electrons. The Bertz CT molecular complexity index is 1180. The van der Waals surface area contributed by atoms with Gasteiger partial charge in [0.05, 0.1) is 5.56 Å². The zero-order valence-corrected chi connectivity index (χ0v) is 15.3. The van der Waals surface area contributed by atoms with E-state index in [-0.39, 0.29) is 5.54 Å². The first-order chi connectivity index (χ1) is 12.7. The Kier molecular flexibility index (Phi) is 3.14. The number of fused-ring (bicyclic) bond motifs is 7. The molecule has 0 fully saturated rings. The first-order valence-corrected chi connectivity index (χ1v) is 9.37. The fourth-order valence-electron chi connectivity index (χ4n) is 4.73. The molecule has 0 aliphatic carbocycles. The molecular formula is C24H22NO+. The second-order valence-corrected chi connectivity index (χ2v) is 7.14. The van der Waals surface area contributed by atoms with Gasteiger partial charge in [-0.15, -0.1) is 0 Å². The van der Waals surface area contributed by atoms with E-state index in [0.29, 0.717) is 0 Å². The summed E-state index contributed by atoms with van der Waals surface area (Å²) in [6.07, 6.45) is 4.22. The van der Waals surface area contributed by atoms with Crippen molar-refractivity contribution in [1.82, 2.24) is 0 Å². The lowest BCUT2D eigenvalue weighted by Gasteiger charge is -2.34. The SMILES string of the molecule is C=C1c2ccc3c(oc4ccccc43)c2-c2cccc[n+]2C1(CC)CC. The second-order valence-electron chi connectivity index (χ2n) is 7.14. The molecule has 5 rings (SSSR count). The number of furan rings is 1. The zero-order valence-electron chi connectivity index (χ0n) is 15.3. The van der Waals surface area contributed by atoms with Gasteiger partial charge in [0.25, 0.3) is 0 Å². The van der Waals surface area contributed by atoms with E-state index in [1.54, 1.807) is 0 Å². The summed E-state index contributed by atoms with van der Waals surface area (Å²) in [5.74, 6) is 0. The summed E-state index contributed by atoms with van der Waals surface area (Å²) in [5, 5.41) is 2.34. The number of pyridine rings is 1. The zero-order chi connectivity index (χ0) is 17.9. The largest absolute Gasteiger partial charge is 0.455 e. The molecule has 1 aliphatic rings. The van der Waals surface area contributed by atoms with Gasteiger partial charge in [-0.3, -0.25) is 0 Å². The minimum atomic E-state index is -0.0801. The maximum atomic E-state index is 6.34. The number of hydrogen-bond acceptors (Lipinski definition) is 1. The first-order valence-electron chi connectivity index (χ1n) is 9.37. The van der Waals surface area contributed by atoms with Crippen LogP contribution in [0.25, 0.3) is 38.8 Å². The Morgan fingerprint density at radius 1 is 0.923 bits per heavy atom. The van der Waals surface area contributed by atoms with Crippen molar-refractivity contribution in [3.8, 4) is 11.3 Å². The van der Waals surface area contributed by atoms with Crippen molar-refractivity contribution in [2.75, 3.05) is 0 Å². The molecule has 26 heavy (non-hydrogen) atoms. The lowest BCUT2D eigenvalue weighted by molar-refractivity contribution is -0.741. The van der Waals surface area contributed by atoms with E-state index in [9.17, 15) is 0 Å². The predicted octanol–water partition coefficient (Wildman–Crippen LogP) is 6.08. The highest BCUT2D eigenvalue weighted by Gasteiger charge is 2.47. The van der Waals surface area contributed by atoms with Crippen molar-refractivity contribution < 1.29 is 8.98 Å². The molecule has 0 unspecified atom stereocenters. The fourth-order valence-corrected chi connectivity index (χ4v) is 4.73. The summed E-state index contributed by atoms with van der Waals surface area (Å²) >= 11 is 0. The van der Waals surface area contributed by atoms with E-state index in [1.807, 2.05) is 12.1 Å². The van der Waals surface area contributed by atoms with Gasteiger partial charge in [-0.05, 0) is 18.2 Å². The van der Waals surface area contributed by atoms with Gasteiger partial charge in [-0.2, -0.15) is 4.57 Å². The Morgan fingerprint density at radius 2 is 1.69 bits per heavy atom. The van der Waals surface area contributed by atoms with Crippen molar-refractivity contribution in [2.45, 2.75) is 32.2 Å². The highest BCUT2D eigenvalue weighted by atomic mass is 16.3. The normalized spacial score (nSPS) is 15.2. The van der Waals surface area contributed by atoms with E-state index >= 15 is 0 Å². The van der Waals surface area contributed by atoms with Crippen LogP contribution in [0.5, 0.6) is 0 Å². The number of aromatic nitrogens is 1. The lowest BCUT2D eigenvalue weighted by Crippen LogP contribution is -2.59. The molecule has 0 N–H and O–H groups in total. The minimum absolute atomic E-state index is 0.0801. The molecule has 0 saturated carbocycles. The van der Waals surface area contributed by atoms with Crippen LogP contribution in [-0.4, -0.2) is 0 Å². The van der Waals surface area contributed by atoms with Crippen LogP contribution in [0.2, 0.25) is 0 Å². The van der Waals surface area contributed by atoms with Crippen molar-refractivity contribution >= 4 is 27.5 Å². The fraction of sp³-hybridized carbons (Fsp3) is 0.208. The Morgan fingerprint density at radius 3 is 2.50 bits per heavy atom. The molecule has 2 heteroatoms. The van der Waals surface area contributed by atoms with Gasteiger partial charge >= 0.3 is 0 Å². The molecule has 2 nitrogen and oxygen atoms in total. The monoisotopic (exact) mass is 340 g/mol. The molecule has 0 atom stereocenters. The van der Waals surface area contributed by atoms with Crippen LogP contribution in [0.3, 0.4) is 0 Å². The Hall–Kier alpha value is -2.87. The van der Waals surface area contributed by atoms with Gasteiger partial charge in [0, 0.05) is 46.9 Å². The van der Waals surface area contributed by atoms with Gasteiger partial charge < -0.3 is 4.42 Å². The van der Waals surface area contributed by atoms with Crippen LogP contribution in [0.15, 0.2) is 71.8 Å². The summed E-state index contributed by atoms with van der Waals surface area (Å²) < 4.78 is 8.74. The topological polar surface area (TPSA) is 17.0 Å². The van der Waals surface area contributed by atoms with Crippen LogP contribution in [0.1, 0.15) is 32.3 Å². The highest BCUT2D eigenvalue weighted by Crippen LogP contribution is 2.47. The minimum Gasteiger partial charge on any atom is -0.455 e. The van der Waals surface area contributed by atoms with Crippen LogP contribution in [-0.2, 0) is 5.54 Å². The third-order valence-corrected chi connectivity index (χ3v) is 6.18. The maximum absolute atomic E-state index is 6.34. The standard InChI is InChI=1S/C24H22NO/c1-4-24(5-2)16(3)17-13-14-19-18-10-6-7-12-21(18)26-23(19)22(17)20-11-8-9-15-25(20)24/h6-15H,3-5H2,1-2H3/q+1. The second kappa shape index (κ2) is 5.31. The van der Waals surface area contributed by atoms with Crippen LogP contribution < -0.4 is 4.57 Å². The number of hydrogen-bond donors (Lipinski definition) is 0. The molecule has 128 valence electrons. The quantitative estimate of drug-likeness (QED) is 0.404. The number of rotatable bonds is 2. The first kappa shape index (κ1) is 15.4. The van der Waals surface area contributed by atoms with Crippen molar-refractivity contribution in [2.24, 2.45) is 0 Å². The van der Waals surface area contributed by atoms with Crippen LogP contribution in [0.4, 0.5) is 0 Å². The van der Waals surface area contributed by atoms with Gasteiger partial charge in [0.1, 0.15) is 11.2 Å². The highest BCUT2D eigenvalue weighted by molar-refractivity contribution is 6.11. The summed E-state index contributed by atoms with van der Waals surface area (Å²) in [6, 6.07) is 19.1. The summed E-state index contributed by atoms with van der Waals surface area (Å²) in [5.41, 5.74) is 6.60. The van der Waals surface area contributed by atoms with E-state index in [2.05, 4.69) is 73.7 Å². The number of para-hydroxylation sites is 1. The van der Waals surface area contributed by atoms with E-state index in [1.165, 1.54) is 33.2 Å². The third kappa shape index (κ3) is 1.74. The van der Waals surface area contributed by atoms with Gasteiger partial charge in [-0.1, -0.05) is 44.7 Å². The van der Waals surface area contributed by atoms with E-state index in [0.717, 1.165) is 24.0 Å². The van der Waals surface area contributed by atoms with Crippen LogP contribution >= 0.6 is 0 Å². The molecule has 0 saturated heterocycles. The summed E-state index contributed by atoms with van der Waals surface area (Å²) in [7, 11) is 0. The van der Waals surface area contributed by atoms with Crippen molar-refractivity contribution in [3.63, 3.8) is 0 Å². The summed E-state index contributed by atoms with van der Waals surface area (Å²) in [4.78, 5) is 0. The van der Waals surface area contributed by atoms with Gasteiger partial charge in [0.2, 0.25) is 5.69 Å². The number of benzene rings is 2. The van der Waals surface area contributed by atoms with Crippen molar-refractivity contribution in [1.29, 1.82) is 0 Å². The average molecular weight is 340 g/mol. The molecule has 0 spiro atoms. The molecule has 2 aromatic carbocycles. The molecule has 0 bridgehead atoms.